The molecule has 0 spiro atoms. The topological polar surface area (TPSA) is 38.7 Å². The van der Waals surface area contributed by atoms with Crippen molar-refractivity contribution in [2.24, 2.45) is 0 Å². The summed E-state index contributed by atoms with van der Waals surface area (Å²) < 4.78 is 0. The monoisotopic (exact) mass is 633 g/mol. The third-order valence-corrected chi connectivity index (χ3v) is 10.3. The predicted octanol–water partition coefficient (Wildman–Crippen LogP) is 12.4. The lowest BCUT2D eigenvalue weighted by Crippen LogP contribution is -1.92. The molecular formula is C47H27N3. The van der Waals surface area contributed by atoms with Gasteiger partial charge in [-0.05, 0) is 85.9 Å². The molecule has 0 N–H and O–H groups in total. The lowest BCUT2D eigenvalue weighted by atomic mass is 9.91. The SMILES string of the molecule is c1cc(-c2ccc3nc4ccccc4cc3c2)cc(-c2ccc3ccc4ccc(-c5ccc6ccc7cccc8ccc5c6c78)nc4c3n2)c1. The summed E-state index contributed by atoms with van der Waals surface area (Å²) in [5, 5.41) is 12.1. The molecule has 11 rings (SSSR count). The van der Waals surface area contributed by atoms with E-state index in [1.165, 1.54) is 32.3 Å². The second-order valence-corrected chi connectivity index (χ2v) is 13.2. The Hall–Kier alpha value is -6.71. The summed E-state index contributed by atoms with van der Waals surface area (Å²) in [4.78, 5) is 15.5. The minimum atomic E-state index is 0.911. The Bertz CT molecular complexity index is 3140. The Labute approximate surface area is 287 Å². The molecule has 3 heterocycles. The van der Waals surface area contributed by atoms with Crippen molar-refractivity contribution in [1.29, 1.82) is 0 Å². The van der Waals surface area contributed by atoms with Gasteiger partial charge in [0.2, 0.25) is 0 Å². The Balaban J connectivity index is 1.04. The van der Waals surface area contributed by atoms with E-state index in [9.17, 15) is 0 Å². The average Bonchev–Trinajstić information content (AvgIpc) is 3.18. The third-order valence-electron chi connectivity index (χ3n) is 10.3. The van der Waals surface area contributed by atoms with Gasteiger partial charge in [-0.2, -0.15) is 0 Å². The van der Waals surface area contributed by atoms with Crippen LogP contribution in [0.2, 0.25) is 0 Å². The first kappa shape index (κ1) is 27.3. The largest absolute Gasteiger partial charge is 0.248 e. The van der Waals surface area contributed by atoms with Crippen LogP contribution in [0.4, 0.5) is 0 Å². The molecule has 3 heteroatoms. The fourth-order valence-corrected chi connectivity index (χ4v) is 7.86. The molecule has 0 saturated heterocycles. The Morgan fingerprint density at radius 2 is 0.900 bits per heavy atom. The molecule has 230 valence electrons. The van der Waals surface area contributed by atoms with Gasteiger partial charge in [0.05, 0.1) is 33.5 Å². The molecule has 11 aromatic rings. The van der Waals surface area contributed by atoms with Crippen LogP contribution >= 0.6 is 0 Å². The number of para-hydroxylation sites is 1. The van der Waals surface area contributed by atoms with Crippen molar-refractivity contribution in [3.05, 3.63) is 164 Å². The first-order chi connectivity index (χ1) is 24.7. The van der Waals surface area contributed by atoms with Crippen molar-refractivity contribution in [1.82, 2.24) is 15.0 Å². The highest BCUT2D eigenvalue weighted by molar-refractivity contribution is 6.25. The molecule has 0 aliphatic rings. The van der Waals surface area contributed by atoms with Crippen LogP contribution in [-0.2, 0) is 0 Å². The Morgan fingerprint density at radius 3 is 1.76 bits per heavy atom. The molecule has 0 fully saturated rings. The maximum absolute atomic E-state index is 5.34. The van der Waals surface area contributed by atoms with E-state index in [2.05, 4.69) is 158 Å². The number of rotatable bonds is 3. The highest BCUT2D eigenvalue weighted by Gasteiger charge is 2.15. The fraction of sp³-hybridized carbons (Fsp3) is 0. The molecule has 0 aliphatic carbocycles. The summed E-state index contributed by atoms with van der Waals surface area (Å²) in [6.07, 6.45) is 0. The molecule has 0 radical (unpaired) electrons. The molecule has 3 nitrogen and oxygen atoms in total. The summed E-state index contributed by atoms with van der Waals surface area (Å²) in [6, 6.07) is 58.5. The van der Waals surface area contributed by atoms with Crippen LogP contribution in [0.3, 0.4) is 0 Å². The van der Waals surface area contributed by atoms with E-state index in [1.54, 1.807) is 0 Å². The highest BCUT2D eigenvalue weighted by atomic mass is 14.8. The van der Waals surface area contributed by atoms with Gasteiger partial charge in [-0.15, -0.1) is 0 Å². The summed E-state index contributed by atoms with van der Waals surface area (Å²) in [5.74, 6) is 0. The quantitative estimate of drug-likeness (QED) is 0.144. The zero-order chi connectivity index (χ0) is 32.8. The van der Waals surface area contributed by atoms with Crippen molar-refractivity contribution in [2.45, 2.75) is 0 Å². The van der Waals surface area contributed by atoms with E-state index >= 15 is 0 Å². The van der Waals surface area contributed by atoms with Crippen molar-refractivity contribution in [2.75, 3.05) is 0 Å². The third kappa shape index (κ3) is 4.14. The predicted molar refractivity (Wildman–Crippen MR) is 210 cm³/mol. The van der Waals surface area contributed by atoms with Gasteiger partial charge >= 0.3 is 0 Å². The molecule has 0 unspecified atom stereocenters. The van der Waals surface area contributed by atoms with E-state index < -0.39 is 0 Å². The van der Waals surface area contributed by atoms with Crippen LogP contribution < -0.4 is 0 Å². The van der Waals surface area contributed by atoms with Crippen molar-refractivity contribution >= 4 is 75.9 Å². The molecule has 0 amide bonds. The zero-order valence-electron chi connectivity index (χ0n) is 26.9. The summed E-state index contributed by atoms with van der Waals surface area (Å²) in [7, 11) is 0. The van der Waals surface area contributed by atoms with Crippen molar-refractivity contribution < 1.29 is 0 Å². The number of benzene rings is 8. The number of hydrogen-bond acceptors (Lipinski definition) is 3. The van der Waals surface area contributed by atoms with Gasteiger partial charge in [-0.1, -0.05) is 121 Å². The first-order valence-electron chi connectivity index (χ1n) is 17.0. The average molecular weight is 634 g/mol. The van der Waals surface area contributed by atoms with Crippen molar-refractivity contribution in [3.63, 3.8) is 0 Å². The van der Waals surface area contributed by atoms with Gasteiger partial charge < -0.3 is 0 Å². The number of hydrogen-bond donors (Lipinski definition) is 0. The van der Waals surface area contributed by atoms with Gasteiger partial charge in [0.1, 0.15) is 0 Å². The van der Waals surface area contributed by atoms with Crippen LogP contribution in [0, 0.1) is 0 Å². The van der Waals surface area contributed by atoms with E-state index in [0.29, 0.717) is 0 Å². The smallest absolute Gasteiger partial charge is 0.0972 e. The molecule has 8 aromatic carbocycles. The first-order valence-corrected chi connectivity index (χ1v) is 17.0. The fourth-order valence-electron chi connectivity index (χ4n) is 7.86. The second-order valence-electron chi connectivity index (χ2n) is 13.2. The lowest BCUT2D eigenvalue weighted by molar-refractivity contribution is 1.37. The molecule has 3 aromatic heterocycles. The van der Waals surface area contributed by atoms with Gasteiger partial charge in [-0.25, -0.2) is 15.0 Å². The van der Waals surface area contributed by atoms with Crippen molar-refractivity contribution in [3.8, 4) is 33.6 Å². The summed E-state index contributed by atoms with van der Waals surface area (Å²) in [5.41, 5.74) is 10.2. The molecular weight excluding hydrogens is 607 g/mol. The zero-order valence-corrected chi connectivity index (χ0v) is 26.9. The minimum Gasteiger partial charge on any atom is -0.248 e. The maximum atomic E-state index is 5.34. The van der Waals surface area contributed by atoms with Crippen LogP contribution in [0.5, 0.6) is 0 Å². The van der Waals surface area contributed by atoms with Gasteiger partial charge in [0.15, 0.2) is 0 Å². The van der Waals surface area contributed by atoms with E-state index in [-0.39, 0.29) is 0 Å². The lowest BCUT2D eigenvalue weighted by Gasteiger charge is -2.14. The van der Waals surface area contributed by atoms with E-state index in [0.717, 1.165) is 77.3 Å². The number of pyridine rings is 3. The number of nitrogens with zero attached hydrogens (tertiary/aromatic N) is 3. The Kier molecular flexibility index (Phi) is 5.67. The summed E-state index contributed by atoms with van der Waals surface area (Å²) in [6.45, 7) is 0. The van der Waals surface area contributed by atoms with E-state index in [1.807, 2.05) is 6.07 Å². The normalized spacial score (nSPS) is 12.0. The number of aromatic nitrogens is 3. The summed E-state index contributed by atoms with van der Waals surface area (Å²) >= 11 is 0. The molecule has 0 aliphatic heterocycles. The minimum absolute atomic E-state index is 0.911. The van der Waals surface area contributed by atoms with Gasteiger partial charge in [0, 0.05) is 32.7 Å². The number of fused-ring (bicyclic) bond motifs is 5. The van der Waals surface area contributed by atoms with Gasteiger partial charge in [0.25, 0.3) is 0 Å². The Morgan fingerprint density at radius 1 is 0.300 bits per heavy atom. The van der Waals surface area contributed by atoms with Crippen LogP contribution in [0.1, 0.15) is 0 Å². The van der Waals surface area contributed by atoms with Gasteiger partial charge in [-0.3, -0.25) is 0 Å². The van der Waals surface area contributed by atoms with E-state index in [4.69, 9.17) is 15.0 Å². The molecule has 0 saturated carbocycles. The van der Waals surface area contributed by atoms with Crippen LogP contribution in [0.25, 0.3) is 110 Å². The molecule has 0 bridgehead atoms. The standard InChI is InChI=1S/C47H27N3/c1-2-10-40-35(5-1)27-37-26-34(19-23-42(37)48-40)33-8-4-9-36(25-33)41-22-17-31-13-14-32-18-24-43(50-47(32)46(31)49-41)38-20-15-30-12-11-28-6-3-7-29-16-21-39(38)45(30)44(28)29/h1-27H. The second kappa shape index (κ2) is 10.4. The molecule has 50 heavy (non-hydrogen) atoms. The molecule has 0 atom stereocenters. The maximum Gasteiger partial charge on any atom is 0.0972 e. The highest BCUT2D eigenvalue weighted by Crippen LogP contribution is 2.39. The van der Waals surface area contributed by atoms with Crippen LogP contribution in [-0.4, -0.2) is 15.0 Å². The van der Waals surface area contributed by atoms with Crippen LogP contribution in [0.15, 0.2) is 164 Å².